The van der Waals surface area contributed by atoms with Crippen LogP contribution in [0.25, 0.3) is 0 Å². The molecule has 1 saturated carbocycles. The molecular formula is C13H18FN3O2. The van der Waals surface area contributed by atoms with Crippen molar-refractivity contribution in [2.75, 3.05) is 6.54 Å². The summed E-state index contributed by atoms with van der Waals surface area (Å²) < 4.78 is 13.8. The van der Waals surface area contributed by atoms with Gasteiger partial charge in [-0.3, -0.25) is 0 Å². The molecule has 0 spiro atoms. The third-order valence-electron chi connectivity index (χ3n) is 3.51. The van der Waals surface area contributed by atoms with Gasteiger partial charge in [0.05, 0.1) is 5.60 Å². The minimum Gasteiger partial charge on any atom is -0.409 e. The molecule has 0 amide bonds. The predicted molar refractivity (Wildman–Crippen MR) is 69.4 cm³/mol. The summed E-state index contributed by atoms with van der Waals surface area (Å²) in [4.78, 5) is 0. The Morgan fingerprint density at radius 1 is 1.47 bits per heavy atom. The Bertz CT molecular complexity index is 487. The first-order valence-electron chi connectivity index (χ1n) is 6.23. The van der Waals surface area contributed by atoms with Crippen LogP contribution in [0.3, 0.4) is 0 Å². The van der Waals surface area contributed by atoms with Crippen LogP contribution >= 0.6 is 0 Å². The van der Waals surface area contributed by atoms with Gasteiger partial charge in [0.1, 0.15) is 5.82 Å². The summed E-state index contributed by atoms with van der Waals surface area (Å²) in [5.74, 6) is -0.542. The van der Waals surface area contributed by atoms with Crippen LogP contribution < -0.4 is 11.1 Å². The molecule has 104 valence electrons. The van der Waals surface area contributed by atoms with Crippen LogP contribution in [0, 0.1) is 5.82 Å². The Hall–Kier alpha value is -1.66. The van der Waals surface area contributed by atoms with E-state index in [0.717, 1.165) is 19.3 Å². The zero-order chi connectivity index (χ0) is 13.9. The highest BCUT2D eigenvalue weighted by molar-refractivity contribution is 5.97. The van der Waals surface area contributed by atoms with Crippen LogP contribution in [0.15, 0.2) is 23.4 Å². The highest BCUT2D eigenvalue weighted by atomic mass is 19.1. The van der Waals surface area contributed by atoms with E-state index in [1.54, 1.807) is 12.1 Å². The lowest BCUT2D eigenvalue weighted by Gasteiger charge is -2.36. The molecule has 0 aromatic heterocycles. The van der Waals surface area contributed by atoms with Gasteiger partial charge in [-0.25, -0.2) is 4.39 Å². The van der Waals surface area contributed by atoms with E-state index >= 15 is 0 Å². The molecule has 1 aliphatic carbocycles. The Labute approximate surface area is 110 Å². The Kier molecular flexibility index (Phi) is 4.01. The fraction of sp³-hybridized carbons (Fsp3) is 0.462. The molecule has 0 radical (unpaired) electrons. The van der Waals surface area contributed by atoms with Gasteiger partial charge in [-0.05, 0) is 25.3 Å². The number of hydrogen-bond donors (Lipinski definition) is 4. The second-order valence-corrected chi connectivity index (χ2v) is 4.97. The molecule has 19 heavy (non-hydrogen) atoms. The number of halogens is 1. The van der Waals surface area contributed by atoms with Gasteiger partial charge in [-0.15, -0.1) is 0 Å². The highest BCUT2D eigenvalue weighted by Gasteiger charge is 2.33. The minimum absolute atomic E-state index is 0.123. The van der Waals surface area contributed by atoms with E-state index in [2.05, 4.69) is 10.5 Å². The maximum absolute atomic E-state index is 13.8. The topological polar surface area (TPSA) is 90.9 Å². The van der Waals surface area contributed by atoms with Gasteiger partial charge in [-0.2, -0.15) is 0 Å². The molecule has 1 aromatic rings. The Balaban J connectivity index is 1.93. The van der Waals surface area contributed by atoms with Gasteiger partial charge in [0.2, 0.25) is 0 Å². The molecule has 1 fully saturated rings. The average Bonchev–Trinajstić information content (AvgIpc) is 2.37. The van der Waals surface area contributed by atoms with Crippen molar-refractivity contribution in [2.24, 2.45) is 10.9 Å². The number of hydrogen-bond acceptors (Lipinski definition) is 4. The molecule has 0 atom stereocenters. The molecule has 0 bridgehead atoms. The lowest BCUT2D eigenvalue weighted by atomic mass is 9.80. The summed E-state index contributed by atoms with van der Waals surface area (Å²) in [6, 6.07) is 4.40. The zero-order valence-electron chi connectivity index (χ0n) is 10.6. The van der Waals surface area contributed by atoms with Crippen LogP contribution in [0.2, 0.25) is 0 Å². The van der Waals surface area contributed by atoms with Crippen LogP contribution in [-0.2, 0) is 6.54 Å². The monoisotopic (exact) mass is 267 g/mol. The summed E-state index contributed by atoms with van der Waals surface area (Å²) in [6.07, 6.45) is 2.64. The quantitative estimate of drug-likeness (QED) is 0.276. The van der Waals surface area contributed by atoms with Crippen molar-refractivity contribution in [1.29, 1.82) is 0 Å². The van der Waals surface area contributed by atoms with Gasteiger partial charge in [0.25, 0.3) is 0 Å². The van der Waals surface area contributed by atoms with Crippen molar-refractivity contribution in [1.82, 2.24) is 5.32 Å². The average molecular weight is 267 g/mol. The van der Waals surface area contributed by atoms with Crippen molar-refractivity contribution < 1.29 is 14.7 Å². The third kappa shape index (κ3) is 3.21. The van der Waals surface area contributed by atoms with Crippen molar-refractivity contribution in [3.05, 3.63) is 35.1 Å². The van der Waals surface area contributed by atoms with E-state index in [9.17, 15) is 9.50 Å². The number of nitrogens with zero attached hydrogens (tertiary/aromatic N) is 1. The van der Waals surface area contributed by atoms with Crippen LogP contribution in [0.4, 0.5) is 4.39 Å². The van der Waals surface area contributed by atoms with Gasteiger partial charge in [0.15, 0.2) is 5.84 Å². The van der Waals surface area contributed by atoms with Crippen LogP contribution in [0.5, 0.6) is 0 Å². The standard InChI is InChI=1S/C13H18FN3O2/c14-11-6-9(12(15)17-19)2-3-10(11)7-16-8-13(18)4-1-5-13/h2-3,6,16,18-19H,1,4-5,7-8H2,(H2,15,17). The first kappa shape index (κ1) is 13.8. The minimum atomic E-state index is -0.621. The van der Waals surface area contributed by atoms with Crippen molar-refractivity contribution in [3.8, 4) is 0 Å². The normalized spacial score (nSPS) is 18.1. The fourth-order valence-electron chi connectivity index (χ4n) is 2.10. The van der Waals surface area contributed by atoms with Gasteiger partial charge < -0.3 is 21.4 Å². The Morgan fingerprint density at radius 3 is 2.74 bits per heavy atom. The molecule has 0 saturated heterocycles. The van der Waals surface area contributed by atoms with Crippen molar-refractivity contribution in [2.45, 2.75) is 31.4 Å². The van der Waals surface area contributed by atoms with E-state index in [1.807, 2.05) is 0 Å². The fourth-order valence-corrected chi connectivity index (χ4v) is 2.10. The summed E-state index contributed by atoms with van der Waals surface area (Å²) in [5.41, 5.74) is 5.58. The second-order valence-electron chi connectivity index (χ2n) is 4.97. The number of oxime groups is 1. The highest BCUT2D eigenvalue weighted by Crippen LogP contribution is 2.30. The largest absolute Gasteiger partial charge is 0.409 e. The molecular weight excluding hydrogens is 249 g/mol. The zero-order valence-corrected chi connectivity index (χ0v) is 10.6. The number of benzene rings is 1. The number of aliphatic hydroxyl groups is 1. The summed E-state index contributed by atoms with van der Waals surface area (Å²) in [7, 11) is 0. The molecule has 0 unspecified atom stereocenters. The maximum Gasteiger partial charge on any atom is 0.170 e. The second kappa shape index (κ2) is 5.54. The molecule has 1 aliphatic rings. The van der Waals surface area contributed by atoms with Crippen LogP contribution in [0.1, 0.15) is 30.4 Å². The van der Waals surface area contributed by atoms with E-state index < -0.39 is 11.4 Å². The van der Waals surface area contributed by atoms with Crippen molar-refractivity contribution >= 4 is 5.84 Å². The Morgan fingerprint density at radius 2 is 2.21 bits per heavy atom. The first-order valence-corrected chi connectivity index (χ1v) is 6.23. The van der Waals surface area contributed by atoms with E-state index in [0.29, 0.717) is 24.2 Å². The summed E-state index contributed by atoms with van der Waals surface area (Å²) in [6.45, 7) is 0.805. The first-order chi connectivity index (χ1) is 9.04. The number of nitrogens with two attached hydrogens (primary N) is 1. The van der Waals surface area contributed by atoms with Gasteiger partial charge in [-0.1, -0.05) is 17.3 Å². The molecule has 1 aromatic carbocycles. The van der Waals surface area contributed by atoms with Crippen molar-refractivity contribution in [3.63, 3.8) is 0 Å². The molecule has 6 heteroatoms. The smallest absolute Gasteiger partial charge is 0.170 e. The summed E-state index contributed by atoms with van der Waals surface area (Å²) >= 11 is 0. The lowest BCUT2D eigenvalue weighted by molar-refractivity contribution is -0.0315. The van der Waals surface area contributed by atoms with E-state index in [1.165, 1.54) is 6.07 Å². The summed E-state index contributed by atoms with van der Waals surface area (Å²) in [5, 5.41) is 24.3. The molecule has 5 N–H and O–H groups in total. The third-order valence-corrected chi connectivity index (χ3v) is 3.51. The number of nitrogens with one attached hydrogen (secondary N) is 1. The number of rotatable bonds is 5. The SMILES string of the molecule is N/C(=N/O)c1ccc(CNCC2(O)CCC2)c(F)c1. The molecule has 5 nitrogen and oxygen atoms in total. The number of amidine groups is 1. The molecule has 0 aliphatic heterocycles. The van der Waals surface area contributed by atoms with E-state index in [-0.39, 0.29) is 5.84 Å². The van der Waals surface area contributed by atoms with Gasteiger partial charge >= 0.3 is 0 Å². The van der Waals surface area contributed by atoms with E-state index in [4.69, 9.17) is 10.9 Å². The lowest BCUT2D eigenvalue weighted by Crippen LogP contribution is -2.46. The maximum atomic E-state index is 13.8. The van der Waals surface area contributed by atoms with Gasteiger partial charge in [0, 0.05) is 24.2 Å². The predicted octanol–water partition coefficient (Wildman–Crippen LogP) is 0.925. The van der Waals surface area contributed by atoms with Crippen LogP contribution in [-0.4, -0.2) is 28.3 Å². The molecule has 0 heterocycles. The molecule has 2 rings (SSSR count).